The van der Waals surface area contributed by atoms with E-state index in [1.165, 1.54) is 0 Å². The molecular formula is C19H19N3O2S. The number of anilines is 1. The van der Waals surface area contributed by atoms with E-state index in [9.17, 15) is 8.42 Å². The molecule has 0 spiro atoms. The Balaban J connectivity index is 1.78. The van der Waals surface area contributed by atoms with Gasteiger partial charge in [0.05, 0.1) is 26.9 Å². The van der Waals surface area contributed by atoms with E-state index in [0.717, 1.165) is 17.0 Å². The lowest BCUT2D eigenvalue weighted by atomic mass is 10.2. The molecule has 1 heterocycles. The van der Waals surface area contributed by atoms with Gasteiger partial charge in [-0.05, 0) is 62.4 Å². The predicted molar refractivity (Wildman–Crippen MR) is 99.7 cm³/mol. The minimum atomic E-state index is -3.51. The van der Waals surface area contributed by atoms with Gasteiger partial charge in [-0.3, -0.25) is 5.43 Å². The minimum absolute atomic E-state index is 0.256. The number of aromatic nitrogens is 1. The summed E-state index contributed by atoms with van der Waals surface area (Å²) in [6.45, 7) is 3.81. The summed E-state index contributed by atoms with van der Waals surface area (Å²) in [4.78, 5) is 3.62. The Hall–Kier alpha value is -2.86. The summed E-state index contributed by atoms with van der Waals surface area (Å²) in [5.41, 5.74) is 6.40. The van der Waals surface area contributed by atoms with Crippen molar-refractivity contribution in [2.75, 3.05) is 5.43 Å². The van der Waals surface area contributed by atoms with Crippen molar-refractivity contribution >= 4 is 21.2 Å². The molecule has 0 saturated carbocycles. The number of H-pyrrole nitrogens is 1. The fraction of sp³-hybridized carbons (Fsp3) is 0.105. The van der Waals surface area contributed by atoms with Crippen molar-refractivity contribution in [3.05, 3.63) is 78.1 Å². The second-order valence-electron chi connectivity index (χ2n) is 5.73. The summed E-state index contributed by atoms with van der Waals surface area (Å²) >= 11 is 0. The second kappa shape index (κ2) is 6.94. The number of benzene rings is 2. The normalized spacial score (nSPS) is 12.2. The predicted octanol–water partition coefficient (Wildman–Crippen LogP) is 3.99. The third-order valence-electron chi connectivity index (χ3n) is 3.84. The average molecular weight is 353 g/mol. The SMILES string of the molecule is C/C(=N\Nc1ccc(S(=O)(=O)c2ccc(C)cc2)cc1)c1ccc[nH]1. The molecule has 0 unspecified atom stereocenters. The van der Waals surface area contributed by atoms with Crippen LogP contribution < -0.4 is 5.43 Å². The molecule has 0 aliphatic heterocycles. The molecule has 2 aromatic carbocycles. The summed E-state index contributed by atoms with van der Waals surface area (Å²) < 4.78 is 25.3. The molecule has 0 aliphatic carbocycles. The molecule has 0 fully saturated rings. The first-order valence-corrected chi connectivity index (χ1v) is 9.31. The quantitative estimate of drug-likeness (QED) is 0.538. The Morgan fingerprint density at radius 1 is 0.960 bits per heavy atom. The Labute approximate surface area is 147 Å². The number of rotatable bonds is 5. The van der Waals surface area contributed by atoms with Crippen LogP contribution in [0.1, 0.15) is 18.2 Å². The molecule has 25 heavy (non-hydrogen) atoms. The van der Waals surface area contributed by atoms with Crippen LogP contribution in [0, 0.1) is 6.92 Å². The van der Waals surface area contributed by atoms with Crippen LogP contribution in [-0.4, -0.2) is 19.1 Å². The van der Waals surface area contributed by atoms with Crippen LogP contribution in [0.3, 0.4) is 0 Å². The molecular weight excluding hydrogens is 334 g/mol. The summed E-state index contributed by atoms with van der Waals surface area (Å²) in [7, 11) is -3.51. The maximum atomic E-state index is 12.6. The third kappa shape index (κ3) is 3.80. The van der Waals surface area contributed by atoms with Crippen LogP contribution >= 0.6 is 0 Å². The van der Waals surface area contributed by atoms with E-state index >= 15 is 0 Å². The van der Waals surface area contributed by atoms with Crippen molar-refractivity contribution in [2.24, 2.45) is 5.10 Å². The number of aryl methyl sites for hydroxylation is 1. The summed E-state index contributed by atoms with van der Waals surface area (Å²) in [5, 5.41) is 4.28. The van der Waals surface area contributed by atoms with Crippen molar-refractivity contribution < 1.29 is 8.42 Å². The second-order valence-corrected chi connectivity index (χ2v) is 7.68. The third-order valence-corrected chi connectivity index (χ3v) is 5.62. The largest absolute Gasteiger partial charge is 0.360 e. The van der Waals surface area contributed by atoms with E-state index in [2.05, 4.69) is 15.5 Å². The van der Waals surface area contributed by atoms with Crippen LogP contribution in [0.4, 0.5) is 5.69 Å². The van der Waals surface area contributed by atoms with Crippen LogP contribution in [0.5, 0.6) is 0 Å². The maximum absolute atomic E-state index is 12.6. The molecule has 3 aromatic rings. The summed E-state index contributed by atoms with van der Waals surface area (Å²) in [6.07, 6.45) is 1.83. The van der Waals surface area contributed by atoms with E-state index in [4.69, 9.17) is 0 Å². The maximum Gasteiger partial charge on any atom is 0.206 e. The molecule has 0 atom stereocenters. The zero-order valence-corrected chi connectivity index (χ0v) is 14.8. The highest BCUT2D eigenvalue weighted by Crippen LogP contribution is 2.22. The van der Waals surface area contributed by atoms with Crippen LogP contribution in [0.25, 0.3) is 0 Å². The number of hydrazone groups is 1. The highest BCUT2D eigenvalue weighted by atomic mass is 32.2. The fourth-order valence-electron chi connectivity index (χ4n) is 2.33. The van der Waals surface area contributed by atoms with E-state index < -0.39 is 9.84 Å². The Kier molecular flexibility index (Phi) is 4.72. The molecule has 5 nitrogen and oxygen atoms in total. The highest BCUT2D eigenvalue weighted by Gasteiger charge is 2.17. The molecule has 0 aliphatic rings. The van der Waals surface area contributed by atoms with Crippen molar-refractivity contribution in [2.45, 2.75) is 23.6 Å². The van der Waals surface area contributed by atoms with Gasteiger partial charge in [0.25, 0.3) is 0 Å². The smallest absolute Gasteiger partial charge is 0.206 e. The Morgan fingerprint density at radius 2 is 1.56 bits per heavy atom. The van der Waals surface area contributed by atoms with Crippen molar-refractivity contribution in [1.82, 2.24) is 4.98 Å². The van der Waals surface area contributed by atoms with Gasteiger partial charge in [0.2, 0.25) is 9.84 Å². The molecule has 128 valence electrons. The van der Waals surface area contributed by atoms with Crippen LogP contribution in [-0.2, 0) is 9.84 Å². The number of nitrogens with zero attached hydrogens (tertiary/aromatic N) is 1. The molecule has 0 radical (unpaired) electrons. The van der Waals surface area contributed by atoms with E-state index in [1.54, 1.807) is 48.5 Å². The zero-order valence-electron chi connectivity index (χ0n) is 14.0. The number of sulfone groups is 1. The van der Waals surface area contributed by atoms with Gasteiger partial charge in [-0.25, -0.2) is 8.42 Å². The first kappa shape index (κ1) is 17.0. The first-order valence-electron chi connectivity index (χ1n) is 7.83. The molecule has 6 heteroatoms. The first-order chi connectivity index (χ1) is 12.0. The van der Waals surface area contributed by atoms with E-state index in [1.807, 2.05) is 32.2 Å². The zero-order chi connectivity index (χ0) is 17.9. The molecule has 0 amide bonds. The van der Waals surface area contributed by atoms with Crippen LogP contribution in [0.15, 0.2) is 81.8 Å². The van der Waals surface area contributed by atoms with E-state index in [-0.39, 0.29) is 4.90 Å². The van der Waals surface area contributed by atoms with Gasteiger partial charge in [-0.2, -0.15) is 5.10 Å². The number of nitrogens with one attached hydrogen (secondary N) is 2. The van der Waals surface area contributed by atoms with Crippen LogP contribution in [0.2, 0.25) is 0 Å². The molecule has 0 bridgehead atoms. The van der Waals surface area contributed by atoms with Crippen molar-refractivity contribution in [3.63, 3.8) is 0 Å². The molecule has 0 saturated heterocycles. The van der Waals surface area contributed by atoms with Gasteiger partial charge >= 0.3 is 0 Å². The molecule has 1 aromatic heterocycles. The van der Waals surface area contributed by atoms with Gasteiger partial charge in [0, 0.05) is 6.20 Å². The number of hydrogen-bond donors (Lipinski definition) is 2. The number of hydrogen-bond acceptors (Lipinski definition) is 4. The number of aromatic amines is 1. The lowest BCUT2D eigenvalue weighted by Gasteiger charge is -2.07. The fourth-order valence-corrected chi connectivity index (χ4v) is 3.59. The molecule has 3 rings (SSSR count). The van der Waals surface area contributed by atoms with Gasteiger partial charge in [0.1, 0.15) is 0 Å². The van der Waals surface area contributed by atoms with Crippen molar-refractivity contribution in [1.29, 1.82) is 0 Å². The standard InChI is InChI=1S/C19H19N3O2S/c1-14-5-9-17(10-6-14)25(23,24)18-11-7-16(8-12-18)22-21-15(2)19-4-3-13-20-19/h3-13,20,22H,1-2H3/b21-15+. The molecule has 2 N–H and O–H groups in total. The summed E-state index contributed by atoms with van der Waals surface area (Å²) in [5.74, 6) is 0. The van der Waals surface area contributed by atoms with Gasteiger partial charge in [-0.15, -0.1) is 0 Å². The average Bonchev–Trinajstić information content (AvgIpc) is 3.15. The minimum Gasteiger partial charge on any atom is -0.360 e. The van der Waals surface area contributed by atoms with Gasteiger partial charge in [-0.1, -0.05) is 17.7 Å². The van der Waals surface area contributed by atoms with E-state index in [0.29, 0.717) is 10.6 Å². The van der Waals surface area contributed by atoms with Gasteiger partial charge < -0.3 is 4.98 Å². The topological polar surface area (TPSA) is 74.3 Å². The van der Waals surface area contributed by atoms with Crippen molar-refractivity contribution in [3.8, 4) is 0 Å². The Morgan fingerprint density at radius 3 is 2.12 bits per heavy atom. The highest BCUT2D eigenvalue weighted by molar-refractivity contribution is 7.91. The Bertz CT molecular complexity index is 972. The van der Waals surface area contributed by atoms with Gasteiger partial charge in [0.15, 0.2) is 0 Å². The monoisotopic (exact) mass is 353 g/mol. The lowest BCUT2D eigenvalue weighted by Crippen LogP contribution is -2.03. The summed E-state index contributed by atoms with van der Waals surface area (Å²) in [6, 6.07) is 17.2. The lowest BCUT2D eigenvalue weighted by molar-refractivity contribution is 0.596.